The number of nitrogens with zero attached hydrogens (tertiary/aromatic N) is 3. The van der Waals surface area contributed by atoms with Crippen LogP contribution in [-0.4, -0.2) is 23.4 Å². The van der Waals surface area contributed by atoms with Gasteiger partial charge < -0.3 is 4.52 Å². The first-order valence-electron chi connectivity index (χ1n) is 8.57. The summed E-state index contributed by atoms with van der Waals surface area (Å²) in [6, 6.07) is 11.2. The zero-order chi connectivity index (χ0) is 21.0. The van der Waals surface area contributed by atoms with Gasteiger partial charge in [-0.1, -0.05) is 29.4 Å². The number of aldehydes is 1. The van der Waals surface area contributed by atoms with Crippen LogP contribution < -0.4 is 0 Å². The molecule has 0 atom stereocenters. The standard InChI is InChI=1S/C21H16F3N3O2/c1-13-18(14(2)29-27-13)11-25-19-9-4-3-8-17(19)20(12-28)26-16-7-5-6-15(10-16)21(22,23)24/h3-12H,1-2H3/b25-11+,26-20+. The molecule has 0 spiro atoms. The molecule has 1 heterocycles. The molecule has 0 unspecified atom stereocenters. The SMILES string of the molecule is Cc1noc(C)c1/C=N/c1ccccc1/C(C=O)=N/c1cccc(C(F)(F)F)c1. The molecule has 0 saturated carbocycles. The molecule has 1 aromatic heterocycles. The van der Waals surface area contributed by atoms with Gasteiger partial charge in [-0.25, -0.2) is 4.99 Å². The van der Waals surface area contributed by atoms with Crippen molar-refractivity contribution in [3.63, 3.8) is 0 Å². The van der Waals surface area contributed by atoms with E-state index >= 15 is 0 Å². The molecule has 5 nitrogen and oxygen atoms in total. The summed E-state index contributed by atoms with van der Waals surface area (Å²) in [7, 11) is 0. The van der Waals surface area contributed by atoms with Gasteiger partial charge in [0.25, 0.3) is 0 Å². The summed E-state index contributed by atoms with van der Waals surface area (Å²) < 4.78 is 43.9. The highest BCUT2D eigenvalue weighted by Crippen LogP contribution is 2.32. The van der Waals surface area contributed by atoms with Gasteiger partial charge in [-0.05, 0) is 38.1 Å². The highest BCUT2D eigenvalue weighted by Gasteiger charge is 2.30. The number of hydrogen-bond acceptors (Lipinski definition) is 5. The molecule has 0 aliphatic heterocycles. The molecule has 148 valence electrons. The summed E-state index contributed by atoms with van der Waals surface area (Å²) in [4.78, 5) is 20.2. The summed E-state index contributed by atoms with van der Waals surface area (Å²) in [6.45, 7) is 3.52. The lowest BCUT2D eigenvalue weighted by atomic mass is 10.1. The van der Waals surface area contributed by atoms with E-state index in [1.165, 1.54) is 12.1 Å². The predicted molar refractivity (Wildman–Crippen MR) is 103 cm³/mol. The highest BCUT2D eigenvalue weighted by atomic mass is 19.4. The molecule has 0 fully saturated rings. The van der Waals surface area contributed by atoms with Crippen LogP contribution in [0.15, 0.2) is 63.0 Å². The molecule has 2 aromatic carbocycles. The summed E-state index contributed by atoms with van der Waals surface area (Å²) >= 11 is 0. The van der Waals surface area contributed by atoms with Crippen molar-refractivity contribution in [2.24, 2.45) is 9.98 Å². The van der Waals surface area contributed by atoms with Crippen molar-refractivity contribution < 1.29 is 22.5 Å². The van der Waals surface area contributed by atoms with Crippen molar-refractivity contribution in [2.75, 3.05) is 0 Å². The van der Waals surface area contributed by atoms with E-state index in [-0.39, 0.29) is 11.4 Å². The van der Waals surface area contributed by atoms with Crippen molar-refractivity contribution in [3.05, 3.63) is 76.7 Å². The lowest BCUT2D eigenvalue weighted by Crippen LogP contribution is -2.05. The minimum absolute atomic E-state index is 0.0198. The van der Waals surface area contributed by atoms with Gasteiger partial charge in [-0.3, -0.25) is 9.79 Å². The van der Waals surface area contributed by atoms with Gasteiger partial charge in [0.2, 0.25) is 0 Å². The third kappa shape index (κ3) is 4.66. The number of aromatic nitrogens is 1. The molecule has 8 heteroatoms. The Bertz CT molecular complexity index is 1080. The van der Waals surface area contributed by atoms with Crippen LogP contribution in [-0.2, 0) is 11.0 Å². The van der Waals surface area contributed by atoms with Crippen molar-refractivity contribution in [1.82, 2.24) is 5.16 Å². The minimum Gasteiger partial charge on any atom is -0.361 e. The maximum absolute atomic E-state index is 12.9. The van der Waals surface area contributed by atoms with Gasteiger partial charge in [-0.15, -0.1) is 0 Å². The second-order valence-electron chi connectivity index (χ2n) is 6.18. The molecule has 0 aliphatic carbocycles. The molecule has 3 rings (SSSR count). The second kappa shape index (κ2) is 8.22. The number of benzene rings is 2. The van der Waals surface area contributed by atoms with E-state index in [2.05, 4.69) is 15.1 Å². The number of carbonyl (C=O) groups is 1. The van der Waals surface area contributed by atoms with E-state index in [4.69, 9.17) is 4.52 Å². The molecule has 3 aromatic rings. The van der Waals surface area contributed by atoms with E-state index < -0.39 is 11.7 Å². The second-order valence-corrected chi connectivity index (χ2v) is 6.18. The number of hydrogen-bond donors (Lipinski definition) is 0. The Hall–Kier alpha value is -3.55. The summed E-state index contributed by atoms with van der Waals surface area (Å²) in [5.41, 5.74) is 1.35. The molecule has 0 aliphatic rings. The lowest BCUT2D eigenvalue weighted by Gasteiger charge is -2.08. The third-order valence-electron chi connectivity index (χ3n) is 4.14. The number of rotatable bonds is 5. The van der Waals surface area contributed by atoms with E-state index in [0.717, 1.165) is 12.1 Å². The lowest BCUT2D eigenvalue weighted by molar-refractivity contribution is -0.137. The molecule has 29 heavy (non-hydrogen) atoms. The van der Waals surface area contributed by atoms with Crippen LogP contribution in [0.3, 0.4) is 0 Å². The topological polar surface area (TPSA) is 67.8 Å². The highest BCUT2D eigenvalue weighted by molar-refractivity contribution is 6.38. The number of carbonyl (C=O) groups excluding carboxylic acids is 1. The Balaban J connectivity index is 2.01. The summed E-state index contributed by atoms with van der Waals surface area (Å²) in [6.07, 6.45) is -2.44. The van der Waals surface area contributed by atoms with Crippen LogP contribution in [0.4, 0.5) is 24.5 Å². The van der Waals surface area contributed by atoms with Gasteiger partial charge in [0.05, 0.1) is 28.2 Å². The quantitative estimate of drug-likeness (QED) is 0.427. The Morgan fingerprint density at radius 3 is 2.52 bits per heavy atom. The van der Waals surface area contributed by atoms with Gasteiger partial charge in [-0.2, -0.15) is 13.2 Å². The maximum atomic E-state index is 12.9. The Morgan fingerprint density at radius 1 is 1.10 bits per heavy atom. The minimum atomic E-state index is -4.50. The fourth-order valence-corrected chi connectivity index (χ4v) is 2.65. The smallest absolute Gasteiger partial charge is 0.361 e. The fraction of sp³-hybridized carbons (Fsp3) is 0.143. The molecule has 0 N–H and O–H groups in total. The number of halogens is 3. The monoisotopic (exact) mass is 399 g/mol. The third-order valence-corrected chi connectivity index (χ3v) is 4.14. The van der Waals surface area contributed by atoms with Crippen molar-refractivity contribution >= 4 is 29.6 Å². The van der Waals surface area contributed by atoms with Gasteiger partial charge in [0.15, 0.2) is 6.29 Å². The fourth-order valence-electron chi connectivity index (χ4n) is 2.65. The normalized spacial score (nSPS) is 12.5. The first-order valence-corrected chi connectivity index (χ1v) is 8.57. The van der Waals surface area contributed by atoms with E-state index in [1.54, 1.807) is 44.3 Å². The maximum Gasteiger partial charge on any atom is 0.416 e. The van der Waals surface area contributed by atoms with Crippen LogP contribution in [0, 0.1) is 13.8 Å². The molecule has 0 saturated heterocycles. The van der Waals surface area contributed by atoms with Crippen molar-refractivity contribution in [1.29, 1.82) is 0 Å². The number of aliphatic imine (C=N–C) groups is 2. The zero-order valence-corrected chi connectivity index (χ0v) is 15.6. The van der Waals surface area contributed by atoms with Crippen molar-refractivity contribution in [3.8, 4) is 0 Å². The Kier molecular flexibility index (Phi) is 5.72. The average molecular weight is 399 g/mol. The van der Waals surface area contributed by atoms with Crippen LogP contribution >= 0.6 is 0 Å². The van der Waals surface area contributed by atoms with Gasteiger partial charge in [0.1, 0.15) is 11.5 Å². The molecule has 0 radical (unpaired) electrons. The van der Waals surface area contributed by atoms with Crippen LogP contribution in [0.1, 0.15) is 28.1 Å². The molecule has 0 bridgehead atoms. The average Bonchev–Trinajstić information content (AvgIpc) is 3.02. The van der Waals surface area contributed by atoms with E-state index in [9.17, 15) is 18.0 Å². The molecular formula is C21H16F3N3O2. The predicted octanol–water partition coefficient (Wildman–Crippen LogP) is 5.38. The van der Waals surface area contributed by atoms with Crippen molar-refractivity contribution in [2.45, 2.75) is 20.0 Å². The first kappa shape index (κ1) is 20.2. The Labute approximate surface area is 164 Å². The van der Waals surface area contributed by atoms with E-state index in [0.29, 0.717) is 34.6 Å². The van der Waals surface area contributed by atoms with Crippen LogP contribution in [0.25, 0.3) is 0 Å². The van der Waals surface area contributed by atoms with Gasteiger partial charge in [0, 0.05) is 11.8 Å². The largest absolute Gasteiger partial charge is 0.416 e. The zero-order valence-electron chi connectivity index (χ0n) is 15.6. The number of aryl methyl sites for hydroxylation is 2. The van der Waals surface area contributed by atoms with Crippen LogP contribution in [0.2, 0.25) is 0 Å². The number of para-hydroxylation sites is 1. The first-order chi connectivity index (χ1) is 13.8. The Morgan fingerprint density at radius 2 is 1.86 bits per heavy atom. The summed E-state index contributed by atoms with van der Waals surface area (Å²) in [5.74, 6) is 0.594. The molecular weight excluding hydrogens is 383 g/mol. The number of alkyl halides is 3. The van der Waals surface area contributed by atoms with Gasteiger partial charge >= 0.3 is 6.18 Å². The van der Waals surface area contributed by atoms with Crippen LogP contribution in [0.5, 0.6) is 0 Å². The molecule has 0 amide bonds. The summed E-state index contributed by atoms with van der Waals surface area (Å²) in [5, 5.41) is 3.85. The van der Waals surface area contributed by atoms with E-state index in [1.807, 2.05) is 0 Å².